The van der Waals surface area contributed by atoms with Crippen LogP contribution in [0.3, 0.4) is 0 Å². The molecule has 0 fully saturated rings. The van der Waals surface area contributed by atoms with Crippen LogP contribution in [0, 0.1) is 5.92 Å². The van der Waals surface area contributed by atoms with E-state index < -0.39 is 11.9 Å². The summed E-state index contributed by atoms with van der Waals surface area (Å²) in [5.41, 5.74) is 0. The average molecular weight is 256 g/mol. The number of carbonyl (C=O) groups is 2. The van der Waals surface area contributed by atoms with Crippen molar-refractivity contribution in [2.45, 2.75) is 46.5 Å². The molecule has 0 heterocycles. The molecule has 0 amide bonds. The van der Waals surface area contributed by atoms with Crippen molar-refractivity contribution in [1.82, 2.24) is 0 Å². The van der Waals surface area contributed by atoms with E-state index in [0.29, 0.717) is 5.92 Å². The third kappa shape index (κ3) is 23.9. The van der Waals surface area contributed by atoms with Crippen LogP contribution in [-0.4, -0.2) is 22.2 Å². The monoisotopic (exact) mass is 256 g/mol. The first-order valence-corrected chi connectivity index (χ1v) is 6.20. The van der Waals surface area contributed by atoms with Gasteiger partial charge in [0.1, 0.15) is 0 Å². The fraction of sp³-hybridized carbons (Fsp3) is 0.571. The second-order valence-electron chi connectivity index (χ2n) is 4.18. The molecule has 0 aliphatic rings. The van der Waals surface area contributed by atoms with E-state index in [9.17, 15) is 9.59 Å². The van der Waals surface area contributed by atoms with E-state index >= 15 is 0 Å². The van der Waals surface area contributed by atoms with Crippen molar-refractivity contribution in [1.29, 1.82) is 0 Å². The number of hydrogen-bond donors (Lipinski definition) is 2. The van der Waals surface area contributed by atoms with Gasteiger partial charge in [0, 0.05) is 12.2 Å². The molecule has 4 nitrogen and oxygen atoms in total. The van der Waals surface area contributed by atoms with Gasteiger partial charge >= 0.3 is 11.9 Å². The molecule has 0 saturated carbocycles. The Bertz CT molecular complexity index is 278. The lowest BCUT2D eigenvalue weighted by Gasteiger charge is -1.89. The first-order chi connectivity index (χ1) is 8.40. The average Bonchev–Trinajstić information content (AvgIpc) is 2.26. The van der Waals surface area contributed by atoms with E-state index in [1.165, 1.54) is 18.9 Å². The predicted octanol–water partition coefficient (Wildman–Crippen LogP) is 3.49. The first kappa shape index (κ1) is 18.8. The van der Waals surface area contributed by atoms with Gasteiger partial charge in [-0.2, -0.15) is 0 Å². The Morgan fingerprint density at radius 3 is 1.94 bits per heavy atom. The molecule has 0 radical (unpaired) electrons. The smallest absolute Gasteiger partial charge is 0.327 e. The summed E-state index contributed by atoms with van der Waals surface area (Å²) in [6, 6.07) is 0. The van der Waals surface area contributed by atoms with Gasteiger partial charge in [-0.25, -0.2) is 9.59 Å². The van der Waals surface area contributed by atoms with Gasteiger partial charge in [-0.1, -0.05) is 45.8 Å². The van der Waals surface area contributed by atoms with E-state index in [4.69, 9.17) is 10.2 Å². The normalized spacial score (nSPS) is 10.7. The molecule has 104 valence electrons. The number of carboxylic acids is 2. The molecule has 0 spiro atoms. The van der Waals surface area contributed by atoms with Crippen LogP contribution in [0.25, 0.3) is 0 Å². The maximum atomic E-state index is 9.95. The summed E-state index contributed by atoms with van der Waals surface area (Å²) in [7, 11) is 0. The van der Waals surface area contributed by atoms with Crippen molar-refractivity contribution in [2.24, 2.45) is 5.92 Å². The zero-order valence-corrected chi connectivity index (χ0v) is 11.4. The molecular formula is C14H24O4. The Balaban J connectivity index is 0. The summed E-state index contributed by atoms with van der Waals surface area (Å²) in [4.78, 5) is 19.8. The molecule has 0 aromatic carbocycles. The molecule has 0 atom stereocenters. The van der Waals surface area contributed by atoms with Gasteiger partial charge < -0.3 is 10.2 Å². The number of carboxylic acid groups (broad SMARTS) is 2. The maximum Gasteiger partial charge on any atom is 0.327 e. The van der Waals surface area contributed by atoms with Crippen LogP contribution in [0.15, 0.2) is 24.3 Å². The van der Waals surface area contributed by atoms with Crippen LogP contribution in [0.1, 0.15) is 46.5 Å². The summed E-state index contributed by atoms with van der Waals surface area (Å²) in [5.74, 6) is -1.40. The quantitative estimate of drug-likeness (QED) is 0.540. The van der Waals surface area contributed by atoms with Crippen molar-refractivity contribution < 1.29 is 19.8 Å². The Morgan fingerprint density at radius 2 is 1.61 bits per heavy atom. The second-order valence-corrected chi connectivity index (χ2v) is 4.18. The second kappa shape index (κ2) is 13.5. The molecule has 18 heavy (non-hydrogen) atoms. The number of allylic oxidation sites excluding steroid dienone is 2. The van der Waals surface area contributed by atoms with Gasteiger partial charge in [0.15, 0.2) is 0 Å². The van der Waals surface area contributed by atoms with Crippen LogP contribution >= 0.6 is 0 Å². The highest BCUT2D eigenvalue weighted by molar-refractivity contribution is 5.79. The van der Waals surface area contributed by atoms with Crippen LogP contribution in [0.4, 0.5) is 0 Å². The largest absolute Gasteiger partial charge is 0.478 e. The molecule has 0 aliphatic carbocycles. The van der Waals surface area contributed by atoms with Crippen molar-refractivity contribution >= 4 is 11.9 Å². The SMILES string of the molecule is CC(C)/C=C/C(=O)O.CCCCC/C=C/C(=O)O. The highest BCUT2D eigenvalue weighted by Gasteiger charge is 1.86. The van der Waals surface area contributed by atoms with Crippen LogP contribution < -0.4 is 0 Å². The molecular weight excluding hydrogens is 232 g/mol. The van der Waals surface area contributed by atoms with Crippen molar-refractivity contribution in [3.05, 3.63) is 24.3 Å². The predicted molar refractivity (Wildman–Crippen MR) is 72.5 cm³/mol. The minimum Gasteiger partial charge on any atom is -0.478 e. The van der Waals surface area contributed by atoms with Crippen molar-refractivity contribution in [3.8, 4) is 0 Å². The molecule has 0 aromatic heterocycles. The standard InChI is InChI=1S/C8H14O2.C6H10O2/c1-2-3-4-5-6-7-8(9)10;1-5(2)3-4-6(7)8/h6-7H,2-5H2,1H3,(H,9,10);3-5H,1-2H3,(H,7,8)/b7-6+;4-3+. The minimum absolute atomic E-state index is 0.325. The van der Waals surface area contributed by atoms with E-state index in [2.05, 4.69) is 6.92 Å². The summed E-state index contributed by atoms with van der Waals surface area (Å²) in [6.07, 6.45) is 10.1. The lowest BCUT2D eigenvalue weighted by molar-refractivity contribution is -0.132. The topological polar surface area (TPSA) is 74.6 Å². The van der Waals surface area contributed by atoms with E-state index in [0.717, 1.165) is 18.9 Å². The molecule has 0 unspecified atom stereocenters. The Labute approximate surface area is 109 Å². The van der Waals surface area contributed by atoms with Gasteiger partial charge in [-0.15, -0.1) is 0 Å². The van der Waals surface area contributed by atoms with E-state index in [1.807, 2.05) is 13.8 Å². The van der Waals surface area contributed by atoms with E-state index in [-0.39, 0.29) is 0 Å². The Morgan fingerprint density at radius 1 is 1.06 bits per heavy atom. The van der Waals surface area contributed by atoms with Crippen LogP contribution in [-0.2, 0) is 9.59 Å². The lowest BCUT2D eigenvalue weighted by atomic mass is 10.2. The number of hydrogen-bond acceptors (Lipinski definition) is 2. The van der Waals surface area contributed by atoms with Gasteiger partial charge in [0.05, 0.1) is 0 Å². The zero-order chi connectivity index (χ0) is 14.4. The van der Waals surface area contributed by atoms with Crippen molar-refractivity contribution in [3.63, 3.8) is 0 Å². The highest BCUT2D eigenvalue weighted by Crippen LogP contribution is 1.98. The molecule has 0 aromatic rings. The number of unbranched alkanes of at least 4 members (excludes halogenated alkanes) is 3. The molecule has 2 N–H and O–H groups in total. The molecule has 0 bridgehead atoms. The fourth-order valence-corrected chi connectivity index (χ4v) is 0.971. The zero-order valence-electron chi connectivity index (χ0n) is 11.4. The van der Waals surface area contributed by atoms with Crippen molar-refractivity contribution in [2.75, 3.05) is 0 Å². The van der Waals surface area contributed by atoms with Gasteiger partial charge in [-0.3, -0.25) is 0 Å². The lowest BCUT2D eigenvalue weighted by Crippen LogP contribution is -1.87. The van der Waals surface area contributed by atoms with Gasteiger partial charge in [-0.05, 0) is 18.8 Å². The summed E-state index contributed by atoms with van der Waals surface area (Å²) in [5, 5.41) is 16.3. The Hall–Kier alpha value is -1.58. The van der Waals surface area contributed by atoms with Gasteiger partial charge in [0.25, 0.3) is 0 Å². The summed E-state index contributed by atoms with van der Waals surface area (Å²) >= 11 is 0. The van der Waals surface area contributed by atoms with Crippen LogP contribution in [0.2, 0.25) is 0 Å². The molecule has 0 rings (SSSR count). The fourth-order valence-electron chi connectivity index (χ4n) is 0.971. The number of rotatable bonds is 7. The van der Waals surface area contributed by atoms with Crippen LogP contribution in [0.5, 0.6) is 0 Å². The highest BCUT2D eigenvalue weighted by atomic mass is 16.4. The third-order valence-corrected chi connectivity index (χ3v) is 1.86. The molecule has 0 aliphatic heterocycles. The summed E-state index contributed by atoms with van der Waals surface area (Å²) < 4.78 is 0. The minimum atomic E-state index is -0.876. The molecule has 4 heteroatoms. The number of aliphatic carboxylic acids is 2. The summed E-state index contributed by atoms with van der Waals surface area (Å²) in [6.45, 7) is 5.99. The maximum absolute atomic E-state index is 9.95. The third-order valence-electron chi connectivity index (χ3n) is 1.86. The van der Waals surface area contributed by atoms with Gasteiger partial charge in [0.2, 0.25) is 0 Å². The Kier molecular flexibility index (Phi) is 14.1. The van der Waals surface area contributed by atoms with E-state index in [1.54, 1.807) is 12.2 Å². The molecule has 0 saturated heterocycles. The first-order valence-electron chi connectivity index (χ1n) is 6.20.